The molecule has 0 radical (unpaired) electrons. The number of halogens is 2. The van der Waals surface area contributed by atoms with E-state index in [1.807, 2.05) is 18.2 Å². The molecule has 0 aliphatic rings. The van der Waals surface area contributed by atoms with Gasteiger partial charge >= 0.3 is 0 Å². The number of phenols is 1. The van der Waals surface area contributed by atoms with Crippen molar-refractivity contribution in [3.05, 3.63) is 51.4 Å². The molecule has 0 aliphatic carbocycles. The first-order valence-corrected chi connectivity index (χ1v) is 7.30. The van der Waals surface area contributed by atoms with Crippen molar-refractivity contribution in [2.45, 2.75) is 0 Å². The van der Waals surface area contributed by atoms with Crippen LogP contribution < -0.4 is 0 Å². The van der Waals surface area contributed by atoms with Gasteiger partial charge in [0.2, 0.25) is 5.82 Å². The van der Waals surface area contributed by atoms with Crippen LogP contribution in [0.4, 0.5) is 0 Å². The number of phenolic OH excluding ortho intramolecular Hbond substituents is 1. The molecule has 3 rings (SSSR count). The Bertz CT molecular complexity index is 754. The quantitative estimate of drug-likeness (QED) is 0.686. The molecular formula is C14H8Br2N2O2. The summed E-state index contributed by atoms with van der Waals surface area (Å²) in [5.41, 5.74) is 1.61. The molecule has 100 valence electrons. The fourth-order valence-electron chi connectivity index (χ4n) is 1.72. The van der Waals surface area contributed by atoms with Gasteiger partial charge in [-0.2, -0.15) is 4.98 Å². The van der Waals surface area contributed by atoms with Crippen LogP contribution in [0, 0.1) is 0 Å². The summed E-state index contributed by atoms with van der Waals surface area (Å²) in [5.74, 6) is 1.12. The lowest BCUT2D eigenvalue weighted by atomic mass is 10.2. The van der Waals surface area contributed by atoms with Crippen molar-refractivity contribution in [2.75, 3.05) is 0 Å². The van der Waals surface area contributed by atoms with Crippen LogP contribution >= 0.6 is 31.9 Å². The van der Waals surface area contributed by atoms with Gasteiger partial charge in [-0.05, 0) is 58.4 Å². The van der Waals surface area contributed by atoms with Crippen LogP contribution in [-0.2, 0) is 0 Å². The van der Waals surface area contributed by atoms with E-state index in [0.717, 1.165) is 20.1 Å². The summed E-state index contributed by atoms with van der Waals surface area (Å²) in [7, 11) is 0. The molecule has 1 N–H and O–H groups in total. The van der Waals surface area contributed by atoms with Gasteiger partial charge in [-0.15, -0.1) is 0 Å². The third kappa shape index (κ3) is 2.62. The minimum atomic E-state index is 0.202. The first-order chi connectivity index (χ1) is 9.63. The van der Waals surface area contributed by atoms with Crippen molar-refractivity contribution in [1.29, 1.82) is 0 Å². The van der Waals surface area contributed by atoms with Crippen LogP contribution in [0.5, 0.6) is 5.75 Å². The zero-order valence-corrected chi connectivity index (χ0v) is 13.2. The summed E-state index contributed by atoms with van der Waals surface area (Å²) in [5, 5.41) is 13.2. The Morgan fingerprint density at radius 1 is 1.00 bits per heavy atom. The van der Waals surface area contributed by atoms with Gasteiger partial charge in [0.05, 0.1) is 5.56 Å². The summed E-state index contributed by atoms with van der Waals surface area (Å²) in [4.78, 5) is 4.37. The Kier molecular flexibility index (Phi) is 3.58. The van der Waals surface area contributed by atoms with E-state index in [9.17, 15) is 5.11 Å². The number of rotatable bonds is 2. The maximum absolute atomic E-state index is 9.27. The number of hydrogen-bond acceptors (Lipinski definition) is 4. The molecule has 6 heteroatoms. The van der Waals surface area contributed by atoms with Gasteiger partial charge in [0.1, 0.15) is 5.75 Å². The summed E-state index contributed by atoms with van der Waals surface area (Å²) >= 11 is 6.87. The van der Waals surface area contributed by atoms with E-state index in [1.54, 1.807) is 24.3 Å². The molecule has 0 aliphatic heterocycles. The van der Waals surface area contributed by atoms with Gasteiger partial charge in [-0.1, -0.05) is 21.1 Å². The number of aromatic hydroxyl groups is 1. The lowest BCUT2D eigenvalue weighted by molar-refractivity contribution is 0.432. The Hall–Kier alpha value is -1.66. The van der Waals surface area contributed by atoms with Crippen molar-refractivity contribution in [3.63, 3.8) is 0 Å². The minimum absolute atomic E-state index is 0.202. The smallest absolute Gasteiger partial charge is 0.259 e. The SMILES string of the molecule is Oc1ccc(-c2noc(-c3ccc(Br)cc3Br)n2)cc1. The van der Waals surface area contributed by atoms with E-state index >= 15 is 0 Å². The molecule has 0 spiro atoms. The lowest BCUT2D eigenvalue weighted by Gasteiger charge is -1.98. The fourth-order valence-corrected chi connectivity index (χ4v) is 2.94. The molecule has 0 unspecified atom stereocenters. The fraction of sp³-hybridized carbons (Fsp3) is 0. The molecule has 0 atom stereocenters. The average Bonchev–Trinajstić information content (AvgIpc) is 2.89. The summed E-state index contributed by atoms with van der Waals surface area (Å²) in [6.07, 6.45) is 0. The highest BCUT2D eigenvalue weighted by atomic mass is 79.9. The number of benzene rings is 2. The summed E-state index contributed by atoms with van der Waals surface area (Å²) in [6.45, 7) is 0. The average molecular weight is 396 g/mol. The molecule has 1 heterocycles. The molecule has 1 aromatic heterocycles. The first-order valence-electron chi connectivity index (χ1n) is 5.72. The van der Waals surface area contributed by atoms with Crippen LogP contribution in [0.25, 0.3) is 22.8 Å². The highest BCUT2D eigenvalue weighted by molar-refractivity contribution is 9.11. The third-order valence-corrected chi connectivity index (χ3v) is 3.86. The van der Waals surface area contributed by atoms with Gasteiger partial charge in [0.25, 0.3) is 5.89 Å². The number of nitrogens with zero attached hydrogens (tertiary/aromatic N) is 2. The van der Waals surface area contributed by atoms with Crippen molar-refractivity contribution in [3.8, 4) is 28.6 Å². The van der Waals surface area contributed by atoms with Crippen molar-refractivity contribution in [1.82, 2.24) is 10.1 Å². The molecule has 3 aromatic rings. The second kappa shape index (κ2) is 5.38. The summed E-state index contributed by atoms with van der Waals surface area (Å²) in [6, 6.07) is 12.4. The normalized spacial score (nSPS) is 10.7. The minimum Gasteiger partial charge on any atom is -0.508 e. The molecule has 2 aromatic carbocycles. The van der Waals surface area contributed by atoms with E-state index in [1.165, 1.54) is 0 Å². The maximum atomic E-state index is 9.27. The van der Waals surface area contributed by atoms with Gasteiger partial charge in [-0.25, -0.2) is 0 Å². The molecule has 4 nitrogen and oxygen atoms in total. The molecule has 20 heavy (non-hydrogen) atoms. The predicted octanol–water partition coefficient (Wildman–Crippen LogP) is 4.63. The van der Waals surface area contributed by atoms with E-state index in [2.05, 4.69) is 42.0 Å². The molecular weight excluding hydrogens is 388 g/mol. The second-order valence-electron chi connectivity index (χ2n) is 4.09. The highest BCUT2D eigenvalue weighted by Crippen LogP contribution is 2.31. The van der Waals surface area contributed by atoms with Crippen LogP contribution in [0.3, 0.4) is 0 Å². The largest absolute Gasteiger partial charge is 0.508 e. The molecule has 0 bridgehead atoms. The topological polar surface area (TPSA) is 59.2 Å². The molecule has 0 saturated carbocycles. The van der Waals surface area contributed by atoms with Gasteiger partial charge in [-0.3, -0.25) is 0 Å². The highest BCUT2D eigenvalue weighted by Gasteiger charge is 2.13. The Labute approximate surface area is 131 Å². The zero-order valence-electron chi connectivity index (χ0n) is 10.0. The Morgan fingerprint density at radius 3 is 2.45 bits per heavy atom. The molecule has 0 amide bonds. The molecule has 0 fully saturated rings. The third-order valence-electron chi connectivity index (χ3n) is 2.71. The van der Waals surface area contributed by atoms with Crippen LogP contribution in [0.1, 0.15) is 0 Å². The van der Waals surface area contributed by atoms with E-state index in [0.29, 0.717) is 11.7 Å². The summed E-state index contributed by atoms with van der Waals surface area (Å²) < 4.78 is 7.12. The van der Waals surface area contributed by atoms with Crippen molar-refractivity contribution >= 4 is 31.9 Å². The van der Waals surface area contributed by atoms with E-state index in [-0.39, 0.29) is 5.75 Å². The van der Waals surface area contributed by atoms with Crippen molar-refractivity contribution < 1.29 is 9.63 Å². The Morgan fingerprint density at radius 2 is 1.75 bits per heavy atom. The second-order valence-corrected chi connectivity index (χ2v) is 5.86. The van der Waals surface area contributed by atoms with Gasteiger partial charge in [0, 0.05) is 14.5 Å². The monoisotopic (exact) mass is 394 g/mol. The van der Waals surface area contributed by atoms with Crippen molar-refractivity contribution in [2.24, 2.45) is 0 Å². The number of hydrogen-bond donors (Lipinski definition) is 1. The van der Waals surface area contributed by atoms with Gasteiger partial charge in [0.15, 0.2) is 0 Å². The van der Waals surface area contributed by atoms with Crippen LogP contribution in [0.2, 0.25) is 0 Å². The standard InChI is InChI=1S/C14H8Br2N2O2/c15-9-3-6-11(12(16)7-9)14-17-13(18-20-14)8-1-4-10(19)5-2-8/h1-7,19H. The lowest BCUT2D eigenvalue weighted by Crippen LogP contribution is -1.82. The van der Waals surface area contributed by atoms with Crippen LogP contribution in [0.15, 0.2) is 55.9 Å². The van der Waals surface area contributed by atoms with E-state index < -0.39 is 0 Å². The first kappa shape index (κ1) is 13.3. The predicted molar refractivity (Wildman–Crippen MR) is 82.2 cm³/mol. The number of aromatic nitrogens is 2. The Balaban J connectivity index is 1.99. The zero-order chi connectivity index (χ0) is 14.1. The molecule has 0 saturated heterocycles. The van der Waals surface area contributed by atoms with E-state index in [4.69, 9.17) is 4.52 Å². The maximum Gasteiger partial charge on any atom is 0.259 e. The van der Waals surface area contributed by atoms with Gasteiger partial charge < -0.3 is 9.63 Å². The van der Waals surface area contributed by atoms with Crippen LogP contribution in [-0.4, -0.2) is 15.2 Å².